The second kappa shape index (κ2) is 9.64. The maximum atomic E-state index is 13.4. The first-order valence-electron chi connectivity index (χ1n) is 11.2. The molecule has 0 saturated carbocycles. The number of benzene rings is 3. The fraction of sp³-hybridized carbons (Fsp3) is 0.148. The van der Waals surface area contributed by atoms with Crippen LogP contribution >= 0.6 is 22.9 Å². The van der Waals surface area contributed by atoms with Crippen molar-refractivity contribution in [1.82, 2.24) is 4.98 Å². The summed E-state index contributed by atoms with van der Waals surface area (Å²) < 4.78 is 11.7. The number of anilines is 1. The molecule has 1 saturated heterocycles. The highest BCUT2D eigenvalue weighted by molar-refractivity contribution is 7.22. The van der Waals surface area contributed by atoms with E-state index in [0.29, 0.717) is 44.9 Å². The largest absolute Gasteiger partial charge is 0.507 e. The summed E-state index contributed by atoms with van der Waals surface area (Å²) in [6.07, 6.45) is 0. The first-order valence-corrected chi connectivity index (χ1v) is 12.3. The number of Topliss-reactive ketones (excluding diaryl/α,β-unsaturated/α-hetero) is 1. The van der Waals surface area contributed by atoms with Crippen LogP contribution in [0.25, 0.3) is 16.0 Å². The van der Waals surface area contributed by atoms with Crippen LogP contribution < -0.4 is 14.4 Å². The number of thiazole rings is 1. The van der Waals surface area contributed by atoms with Gasteiger partial charge in [-0.1, -0.05) is 35.1 Å². The van der Waals surface area contributed by atoms with Crippen LogP contribution in [0.5, 0.6) is 11.5 Å². The van der Waals surface area contributed by atoms with Crippen molar-refractivity contribution < 1.29 is 24.2 Å². The average Bonchev–Trinajstić information content (AvgIpc) is 3.42. The standard InChI is InChI=1S/C27H21ClN2O5S/c1-3-35-19-12-13-20-21(14-19)36-27(29-20)30-23(15-6-10-18(34-2)11-7-15)22(25(32)26(30)33)24(31)16-4-8-17(28)9-5-16/h4-14,23,31H,3H2,1-2H3/b24-22+/t23-/m0/s1. The van der Waals surface area contributed by atoms with E-state index in [1.54, 1.807) is 55.6 Å². The maximum Gasteiger partial charge on any atom is 0.301 e. The van der Waals surface area contributed by atoms with Gasteiger partial charge in [0.2, 0.25) is 0 Å². The molecule has 3 aromatic carbocycles. The summed E-state index contributed by atoms with van der Waals surface area (Å²) >= 11 is 7.27. The number of aliphatic hydroxyl groups excluding tert-OH is 1. The van der Waals surface area contributed by atoms with Gasteiger partial charge in [0, 0.05) is 10.6 Å². The number of carbonyl (C=O) groups is 2. The summed E-state index contributed by atoms with van der Waals surface area (Å²) in [6.45, 7) is 2.42. The maximum absolute atomic E-state index is 13.4. The van der Waals surface area contributed by atoms with Crippen molar-refractivity contribution in [2.75, 3.05) is 18.6 Å². The van der Waals surface area contributed by atoms with Gasteiger partial charge in [-0.2, -0.15) is 0 Å². The summed E-state index contributed by atoms with van der Waals surface area (Å²) in [5, 5.41) is 12.0. The second-order valence-electron chi connectivity index (χ2n) is 8.01. The SMILES string of the molecule is CCOc1ccc2nc(N3C(=O)C(=O)/C(=C(/O)c4ccc(Cl)cc4)[C@@H]3c3ccc(OC)cc3)sc2c1. The molecule has 1 aliphatic rings. The zero-order valence-electron chi connectivity index (χ0n) is 19.4. The summed E-state index contributed by atoms with van der Waals surface area (Å²) in [5.74, 6) is -0.533. The van der Waals surface area contributed by atoms with Gasteiger partial charge >= 0.3 is 5.91 Å². The van der Waals surface area contributed by atoms with Gasteiger partial charge in [0.25, 0.3) is 5.78 Å². The second-order valence-corrected chi connectivity index (χ2v) is 9.45. The molecule has 1 amide bonds. The van der Waals surface area contributed by atoms with E-state index in [4.69, 9.17) is 21.1 Å². The Morgan fingerprint density at radius 2 is 1.75 bits per heavy atom. The highest BCUT2D eigenvalue weighted by Gasteiger charge is 2.48. The third kappa shape index (κ3) is 4.19. The molecule has 1 aliphatic heterocycles. The zero-order valence-corrected chi connectivity index (χ0v) is 21.0. The normalized spacial score (nSPS) is 17.1. The molecule has 182 valence electrons. The van der Waals surface area contributed by atoms with Crippen LogP contribution in [0, 0.1) is 0 Å². The number of aromatic nitrogens is 1. The Morgan fingerprint density at radius 3 is 2.42 bits per heavy atom. The van der Waals surface area contributed by atoms with Crippen molar-refractivity contribution in [2.45, 2.75) is 13.0 Å². The Morgan fingerprint density at radius 1 is 1.06 bits per heavy atom. The fourth-order valence-corrected chi connectivity index (χ4v) is 5.29. The van der Waals surface area contributed by atoms with E-state index in [1.165, 1.54) is 16.2 Å². The molecule has 5 rings (SSSR count). The van der Waals surface area contributed by atoms with E-state index >= 15 is 0 Å². The number of methoxy groups -OCH3 is 1. The number of carbonyl (C=O) groups excluding carboxylic acids is 2. The lowest BCUT2D eigenvalue weighted by atomic mass is 9.95. The van der Waals surface area contributed by atoms with Crippen molar-refractivity contribution in [1.29, 1.82) is 0 Å². The first kappa shape index (κ1) is 23.8. The minimum absolute atomic E-state index is 0.0262. The summed E-state index contributed by atoms with van der Waals surface area (Å²) in [6, 6.07) is 18.0. The van der Waals surface area contributed by atoms with Gasteiger partial charge in [0.15, 0.2) is 5.13 Å². The van der Waals surface area contributed by atoms with Crippen molar-refractivity contribution in [3.8, 4) is 11.5 Å². The van der Waals surface area contributed by atoms with Crippen LogP contribution in [-0.2, 0) is 9.59 Å². The van der Waals surface area contributed by atoms with Crippen LogP contribution in [0.1, 0.15) is 24.1 Å². The molecule has 1 N–H and O–H groups in total. The predicted molar refractivity (Wildman–Crippen MR) is 140 cm³/mol. The Hall–Kier alpha value is -3.88. The lowest BCUT2D eigenvalue weighted by molar-refractivity contribution is -0.132. The number of halogens is 1. The van der Waals surface area contributed by atoms with Gasteiger partial charge in [-0.05, 0) is 67.1 Å². The minimum atomic E-state index is -0.890. The van der Waals surface area contributed by atoms with Crippen LogP contribution in [0.3, 0.4) is 0 Å². The predicted octanol–water partition coefficient (Wildman–Crippen LogP) is 5.98. The molecule has 1 atom stereocenters. The van der Waals surface area contributed by atoms with Crippen molar-refractivity contribution in [3.05, 3.63) is 88.5 Å². The van der Waals surface area contributed by atoms with E-state index in [9.17, 15) is 14.7 Å². The van der Waals surface area contributed by atoms with E-state index in [0.717, 1.165) is 4.70 Å². The molecule has 0 spiro atoms. The van der Waals surface area contributed by atoms with Gasteiger partial charge < -0.3 is 14.6 Å². The molecule has 0 unspecified atom stereocenters. The number of ketones is 1. The van der Waals surface area contributed by atoms with Gasteiger partial charge in [-0.3, -0.25) is 14.5 Å². The van der Waals surface area contributed by atoms with Gasteiger partial charge in [0.1, 0.15) is 17.3 Å². The molecule has 36 heavy (non-hydrogen) atoms. The average molecular weight is 521 g/mol. The number of nitrogens with zero attached hydrogens (tertiary/aromatic N) is 2. The van der Waals surface area contributed by atoms with Crippen molar-refractivity contribution in [3.63, 3.8) is 0 Å². The van der Waals surface area contributed by atoms with Crippen LogP contribution in [-0.4, -0.2) is 35.5 Å². The Kier molecular flexibility index (Phi) is 6.38. The molecular weight excluding hydrogens is 500 g/mol. The lowest BCUT2D eigenvalue weighted by Crippen LogP contribution is -2.29. The molecule has 0 radical (unpaired) electrons. The molecule has 2 heterocycles. The van der Waals surface area contributed by atoms with Gasteiger partial charge in [0.05, 0.1) is 35.5 Å². The Bertz CT molecular complexity index is 1500. The number of hydrogen-bond acceptors (Lipinski definition) is 7. The molecule has 0 aliphatic carbocycles. The third-order valence-corrected chi connectivity index (χ3v) is 7.13. The fourth-order valence-electron chi connectivity index (χ4n) is 4.15. The molecule has 1 aromatic heterocycles. The highest BCUT2D eigenvalue weighted by Crippen LogP contribution is 2.45. The molecule has 4 aromatic rings. The molecular formula is C27H21ClN2O5S. The van der Waals surface area contributed by atoms with Crippen LogP contribution in [0.15, 0.2) is 72.3 Å². The van der Waals surface area contributed by atoms with E-state index in [2.05, 4.69) is 4.98 Å². The number of rotatable bonds is 6. The van der Waals surface area contributed by atoms with E-state index < -0.39 is 17.7 Å². The van der Waals surface area contributed by atoms with E-state index in [1.807, 2.05) is 25.1 Å². The smallest absolute Gasteiger partial charge is 0.301 e. The monoisotopic (exact) mass is 520 g/mol. The van der Waals surface area contributed by atoms with Gasteiger partial charge in [-0.25, -0.2) is 4.98 Å². The van der Waals surface area contributed by atoms with Crippen LogP contribution in [0.2, 0.25) is 5.02 Å². The summed E-state index contributed by atoms with van der Waals surface area (Å²) in [5.41, 5.74) is 1.65. The Balaban J connectivity index is 1.68. The summed E-state index contributed by atoms with van der Waals surface area (Å²) in [4.78, 5) is 32.7. The highest BCUT2D eigenvalue weighted by atomic mass is 35.5. The Labute approximate surface area is 216 Å². The van der Waals surface area contributed by atoms with Crippen LogP contribution in [0.4, 0.5) is 5.13 Å². The van der Waals surface area contributed by atoms with Crippen molar-refractivity contribution >= 4 is 55.7 Å². The molecule has 0 bridgehead atoms. The third-order valence-electron chi connectivity index (χ3n) is 5.86. The topological polar surface area (TPSA) is 89.0 Å². The quantitative estimate of drug-likeness (QED) is 0.191. The number of fused-ring (bicyclic) bond motifs is 1. The lowest BCUT2D eigenvalue weighted by Gasteiger charge is -2.23. The molecule has 9 heteroatoms. The van der Waals surface area contributed by atoms with Gasteiger partial charge in [-0.15, -0.1) is 0 Å². The first-order chi connectivity index (χ1) is 17.4. The van der Waals surface area contributed by atoms with E-state index in [-0.39, 0.29) is 11.3 Å². The number of hydrogen-bond donors (Lipinski definition) is 1. The molecule has 7 nitrogen and oxygen atoms in total. The minimum Gasteiger partial charge on any atom is -0.507 e. The molecule has 1 fully saturated rings. The number of aliphatic hydroxyl groups is 1. The number of ether oxygens (including phenoxy) is 2. The zero-order chi connectivity index (χ0) is 25.4. The summed E-state index contributed by atoms with van der Waals surface area (Å²) in [7, 11) is 1.55. The van der Waals surface area contributed by atoms with Crippen molar-refractivity contribution in [2.24, 2.45) is 0 Å². The number of amides is 1.